The van der Waals surface area contributed by atoms with Crippen molar-refractivity contribution in [2.45, 2.75) is 205 Å². The van der Waals surface area contributed by atoms with E-state index in [-0.39, 0.29) is 43.9 Å². The highest BCUT2D eigenvalue weighted by Gasteiger charge is 2.87. The molecule has 3 aromatic carbocycles. The molecule has 3 aliphatic rings. The number of unbranched alkanes of at least 4 members (excludes halogenated alkanes) is 13. The van der Waals surface area contributed by atoms with Crippen molar-refractivity contribution < 1.29 is 37.5 Å². The van der Waals surface area contributed by atoms with Crippen LogP contribution in [0.1, 0.15) is 185 Å². The first-order valence-corrected chi connectivity index (χ1v) is 29.3. The van der Waals surface area contributed by atoms with Crippen LogP contribution < -0.4 is 20.7 Å². The number of aryl methyl sites for hydroxylation is 1. The third-order valence-corrected chi connectivity index (χ3v) is 18.1. The Morgan fingerprint density at radius 2 is 1.33 bits per heavy atom. The van der Waals surface area contributed by atoms with E-state index in [2.05, 4.69) is 50.3 Å². The number of carbonyl (C=O) groups is 1. The van der Waals surface area contributed by atoms with Crippen LogP contribution in [0.15, 0.2) is 94.6 Å². The summed E-state index contributed by atoms with van der Waals surface area (Å²) in [7, 11) is 1.39. The molecule has 14 nitrogen and oxygen atoms in total. The van der Waals surface area contributed by atoms with Crippen molar-refractivity contribution in [1.29, 1.82) is 5.26 Å². The number of nitriles is 1. The van der Waals surface area contributed by atoms with Crippen molar-refractivity contribution in [1.82, 2.24) is 14.2 Å². The molecule has 0 radical (unpaired) electrons. The summed E-state index contributed by atoms with van der Waals surface area (Å²) >= 11 is 0. The van der Waals surface area contributed by atoms with E-state index in [1.165, 1.54) is 81.4 Å². The van der Waals surface area contributed by atoms with Crippen LogP contribution in [0, 0.1) is 23.7 Å². The molecule has 2 heterocycles. The standard InChI is InChI=1S/C61H85N4O10P/c1-9-10-11-12-13-14-15-16-17-18-19-20-21-25-38-71-54(66)41-58-43-59(75-76(72-39-26-37-62)65(45(2)3)46(4)5)40-53(64-42-47(6)55(67)63-57(64)68)73-56(59)60(58,44-58)74-61(48-27-23-22-24-28-48,49-29-33-51(69-7)34-30-49)50-31-35-52(70-8)36-32-50/h22-24,27-36,42,45-46,53,56H,9-21,25-26,38-41,43-44H2,1-8H3,(H,63,67,68)/t53-,56?,58-,59-,60+,76?/m1/s1. The SMILES string of the molecule is CCCCCCCCCCCCCCCCOC(=O)C[C@]12C[C@]3(OP(OCCC#N)N(C(C)C)C(C)C)C[C@H](n4cc(C)c(=O)[nH]c4=O)OC3[C@@]1(OC(c1ccccc1)(c1ccc(OC)cc1)c1ccc(OC)cc1)C2. The molecule has 2 unspecified atom stereocenters. The van der Waals surface area contributed by atoms with Crippen LogP contribution in [0.5, 0.6) is 11.5 Å². The highest BCUT2D eigenvalue weighted by molar-refractivity contribution is 7.44. The molecular weight excluding hydrogens is 980 g/mol. The van der Waals surface area contributed by atoms with E-state index >= 15 is 0 Å². The molecule has 15 heteroatoms. The predicted molar refractivity (Wildman–Crippen MR) is 297 cm³/mol. The highest BCUT2D eigenvalue weighted by atomic mass is 31.2. The monoisotopic (exact) mass is 1060 g/mol. The first-order valence-electron chi connectivity index (χ1n) is 28.2. The molecule has 0 spiro atoms. The second kappa shape index (κ2) is 27.1. The smallest absolute Gasteiger partial charge is 0.330 e. The van der Waals surface area contributed by atoms with Gasteiger partial charge in [-0.25, -0.2) is 9.46 Å². The number of nitrogens with zero attached hydrogens (tertiary/aromatic N) is 3. The van der Waals surface area contributed by atoms with Gasteiger partial charge in [-0.2, -0.15) is 5.26 Å². The Bertz CT molecular complexity index is 2560. The largest absolute Gasteiger partial charge is 0.497 e. The van der Waals surface area contributed by atoms with Crippen LogP contribution in [-0.4, -0.2) is 77.0 Å². The summed E-state index contributed by atoms with van der Waals surface area (Å²) in [5.74, 6) is 1.02. The van der Waals surface area contributed by atoms with Crippen molar-refractivity contribution in [3.63, 3.8) is 0 Å². The molecule has 2 aliphatic carbocycles. The Morgan fingerprint density at radius 3 is 1.86 bits per heavy atom. The summed E-state index contributed by atoms with van der Waals surface area (Å²) in [6.45, 7) is 12.7. The Kier molecular flexibility index (Phi) is 21.0. The molecule has 7 rings (SSSR count). The van der Waals surface area contributed by atoms with E-state index in [1.54, 1.807) is 21.1 Å². The maximum absolute atomic E-state index is 14.6. The second-order valence-electron chi connectivity index (χ2n) is 22.0. The zero-order valence-electron chi connectivity index (χ0n) is 46.6. The first kappa shape index (κ1) is 58.8. The fourth-order valence-corrected chi connectivity index (χ4v) is 14.0. The number of esters is 1. The molecule has 0 amide bonds. The first-order chi connectivity index (χ1) is 36.7. The molecule has 6 atom stereocenters. The normalized spacial score (nSPS) is 22.1. The van der Waals surface area contributed by atoms with Gasteiger partial charge in [0.25, 0.3) is 14.1 Å². The molecule has 0 bridgehead atoms. The highest BCUT2D eigenvalue weighted by Crippen LogP contribution is 2.80. The van der Waals surface area contributed by atoms with Crippen LogP contribution >= 0.6 is 8.53 Å². The lowest BCUT2D eigenvalue weighted by molar-refractivity contribution is -0.168. The Labute approximate surface area is 453 Å². The van der Waals surface area contributed by atoms with Gasteiger partial charge in [0.2, 0.25) is 0 Å². The van der Waals surface area contributed by atoms with Gasteiger partial charge in [0, 0.05) is 35.7 Å². The molecule has 3 fully saturated rings. The average molecular weight is 1070 g/mol. The number of aromatic nitrogens is 2. The number of rotatable bonds is 33. The molecule has 1 aromatic heterocycles. The van der Waals surface area contributed by atoms with Crippen molar-refractivity contribution in [3.8, 4) is 17.6 Å². The van der Waals surface area contributed by atoms with Crippen molar-refractivity contribution in [3.05, 3.63) is 128 Å². The zero-order chi connectivity index (χ0) is 54.4. The number of ether oxygens (including phenoxy) is 5. The number of aromatic amines is 1. The minimum absolute atomic E-state index is 0.0264. The maximum atomic E-state index is 14.6. The van der Waals surface area contributed by atoms with Crippen LogP contribution in [0.3, 0.4) is 0 Å². The van der Waals surface area contributed by atoms with Crippen LogP contribution in [-0.2, 0) is 33.7 Å². The average Bonchev–Trinajstić information content (AvgIpc) is 3.79. The van der Waals surface area contributed by atoms with Gasteiger partial charge in [-0.15, -0.1) is 0 Å². The van der Waals surface area contributed by atoms with Gasteiger partial charge in [-0.05, 0) is 94.8 Å². The number of methoxy groups -OCH3 is 2. The summed E-state index contributed by atoms with van der Waals surface area (Å²) in [5.41, 5.74) is -3.01. The molecule has 2 saturated carbocycles. The molecular formula is C61H85N4O10P. The van der Waals surface area contributed by atoms with Gasteiger partial charge in [-0.1, -0.05) is 145 Å². The van der Waals surface area contributed by atoms with Crippen molar-refractivity contribution in [2.24, 2.45) is 5.41 Å². The van der Waals surface area contributed by atoms with Crippen LogP contribution in [0.25, 0.3) is 0 Å². The third-order valence-electron chi connectivity index (χ3n) is 15.9. The van der Waals surface area contributed by atoms with Gasteiger partial charge < -0.3 is 32.7 Å². The van der Waals surface area contributed by atoms with Gasteiger partial charge >= 0.3 is 11.7 Å². The van der Waals surface area contributed by atoms with Crippen LogP contribution in [0.2, 0.25) is 0 Å². The number of carbonyl (C=O) groups excluding carboxylic acids is 1. The van der Waals surface area contributed by atoms with E-state index < -0.39 is 54.3 Å². The number of hydrogen-bond acceptors (Lipinski definition) is 12. The number of H-pyrrole nitrogens is 1. The Balaban J connectivity index is 1.26. The Morgan fingerprint density at radius 1 is 0.789 bits per heavy atom. The lowest BCUT2D eigenvalue weighted by Gasteiger charge is -2.44. The molecule has 76 heavy (non-hydrogen) atoms. The van der Waals surface area contributed by atoms with Crippen molar-refractivity contribution >= 4 is 14.5 Å². The fourth-order valence-electron chi connectivity index (χ4n) is 12.1. The zero-order valence-corrected chi connectivity index (χ0v) is 47.5. The second-order valence-corrected chi connectivity index (χ2v) is 23.4. The number of fused-ring (bicyclic) bond motifs is 3. The van der Waals surface area contributed by atoms with Gasteiger partial charge in [-0.3, -0.25) is 19.1 Å². The molecule has 414 valence electrons. The van der Waals surface area contributed by atoms with E-state index in [0.717, 1.165) is 36.0 Å². The van der Waals surface area contributed by atoms with E-state index in [9.17, 15) is 19.6 Å². The minimum Gasteiger partial charge on any atom is -0.497 e. The summed E-state index contributed by atoms with van der Waals surface area (Å²) in [4.78, 5) is 43.7. The summed E-state index contributed by atoms with van der Waals surface area (Å²) in [6.07, 6.45) is 18.0. The van der Waals surface area contributed by atoms with E-state index in [1.807, 2.05) is 78.9 Å². The summed E-state index contributed by atoms with van der Waals surface area (Å²) < 4.78 is 50.9. The third kappa shape index (κ3) is 13.3. The maximum Gasteiger partial charge on any atom is 0.330 e. The minimum atomic E-state index is -1.88. The van der Waals surface area contributed by atoms with Crippen molar-refractivity contribution in [2.75, 3.05) is 27.4 Å². The Hall–Kier alpha value is -4.87. The van der Waals surface area contributed by atoms with E-state index in [0.29, 0.717) is 36.5 Å². The fraction of sp³-hybridized carbons (Fsp3) is 0.607. The molecule has 1 saturated heterocycles. The van der Waals surface area contributed by atoms with Gasteiger partial charge in [0.05, 0.1) is 46.3 Å². The predicted octanol–water partition coefficient (Wildman–Crippen LogP) is 13.1. The van der Waals surface area contributed by atoms with Gasteiger partial charge in [0.15, 0.2) is 0 Å². The van der Waals surface area contributed by atoms with Crippen LogP contribution in [0.4, 0.5) is 0 Å². The number of nitrogens with one attached hydrogen (secondary N) is 1. The number of benzene rings is 3. The van der Waals surface area contributed by atoms with E-state index in [4.69, 9.17) is 32.7 Å². The topological polar surface area (TPSA) is 164 Å². The quantitative estimate of drug-likeness (QED) is 0.0208. The number of hydrogen-bond donors (Lipinski definition) is 1. The summed E-state index contributed by atoms with van der Waals surface area (Å²) in [5, 5.41) is 9.69. The molecule has 1 N–H and O–H groups in total. The summed E-state index contributed by atoms with van der Waals surface area (Å²) in [6, 6.07) is 27.9. The lowest BCUT2D eigenvalue weighted by atomic mass is 9.79. The van der Waals surface area contributed by atoms with Gasteiger partial charge in [0.1, 0.15) is 40.6 Å². The molecule has 4 aromatic rings. The molecule has 1 aliphatic heterocycles. The lowest BCUT2D eigenvalue weighted by Crippen LogP contribution is -2.50.